The van der Waals surface area contributed by atoms with Crippen molar-refractivity contribution in [1.82, 2.24) is 14.6 Å². The maximum atomic E-state index is 13.4. The van der Waals surface area contributed by atoms with E-state index >= 15 is 0 Å². The molecule has 14 heteroatoms. The number of rotatable bonds is 6. The molecule has 0 atom stereocenters. The van der Waals surface area contributed by atoms with E-state index in [1.807, 2.05) is 0 Å². The Kier molecular flexibility index (Phi) is 6.70. The normalized spacial score (nSPS) is 12.1. The summed E-state index contributed by atoms with van der Waals surface area (Å²) in [5, 5.41) is 1.78. The summed E-state index contributed by atoms with van der Waals surface area (Å²) < 4.78 is 87.9. The van der Waals surface area contributed by atoms with Crippen LogP contribution in [-0.4, -0.2) is 33.1 Å². The SMILES string of the molecule is CCOC(=O)c1c(C(F)(F)F)[nH]n2c(=O)cc(COC(=O)Cc3ccc(C(F)(F)F)cc3)nc12. The van der Waals surface area contributed by atoms with Crippen LogP contribution in [0.15, 0.2) is 35.1 Å². The smallest absolute Gasteiger partial charge is 0.433 e. The minimum Gasteiger partial charge on any atom is -0.462 e. The Balaban J connectivity index is 1.82. The van der Waals surface area contributed by atoms with E-state index in [1.54, 1.807) is 5.10 Å². The number of carbonyl (C=O) groups is 2. The van der Waals surface area contributed by atoms with Gasteiger partial charge in [0, 0.05) is 6.07 Å². The van der Waals surface area contributed by atoms with E-state index < -0.39 is 65.3 Å². The van der Waals surface area contributed by atoms with Crippen molar-refractivity contribution in [2.75, 3.05) is 6.61 Å². The Morgan fingerprint density at radius 3 is 2.24 bits per heavy atom. The van der Waals surface area contributed by atoms with Crippen LogP contribution in [0.5, 0.6) is 0 Å². The van der Waals surface area contributed by atoms with Crippen LogP contribution in [0, 0.1) is 0 Å². The molecular formula is C20H15F6N3O5. The number of benzene rings is 1. The average molecular weight is 491 g/mol. The number of esters is 2. The highest BCUT2D eigenvalue weighted by molar-refractivity contribution is 5.97. The molecule has 2 heterocycles. The van der Waals surface area contributed by atoms with E-state index in [0.29, 0.717) is 4.52 Å². The zero-order chi connectivity index (χ0) is 25.3. The second kappa shape index (κ2) is 9.19. The summed E-state index contributed by atoms with van der Waals surface area (Å²) in [6.45, 7) is 0.500. The number of hydrogen-bond acceptors (Lipinski definition) is 6. The summed E-state index contributed by atoms with van der Waals surface area (Å²) >= 11 is 0. The van der Waals surface area contributed by atoms with Crippen molar-refractivity contribution in [3.63, 3.8) is 0 Å². The summed E-state index contributed by atoms with van der Waals surface area (Å²) in [6, 6.07) is 4.56. The largest absolute Gasteiger partial charge is 0.462 e. The minimum absolute atomic E-state index is 0.214. The Labute approximate surface area is 186 Å². The third-order valence-electron chi connectivity index (χ3n) is 4.44. The van der Waals surface area contributed by atoms with Crippen molar-refractivity contribution in [2.45, 2.75) is 32.3 Å². The highest BCUT2D eigenvalue weighted by Crippen LogP contribution is 2.32. The first kappa shape index (κ1) is 24.8. The second-order valence-electron chi connectivity index (χ2n) is 6.86. The molecule has 1 aromatic carbocycles. The summed E-state index contributed by atoms with van der Waals surface area (Å²) in [5.74, 6) is -2.26. The van der Waals surface area contributed by atoms with Crippen LogP contribution in [0.4, 0.5) is 26.3 Å². The number of nitrogens with zero attached hydrogens (tertiary/aromatic N) is 2. The number of aromatic nitrogens is 3. The summed E-state index contributed by atoms with van der Waals surface area (Å²) in [4.78, 5) is 40.2. The van der Waals surface area contributed by atoms with Gasteiger partial charge in [-0.05, 0) is 24.6 Å². The average Bonchev–Trinajstić information content (AvgIpc) is 3.13. The fourth-order valence-corrected chi connectivity index (χ4v) is 2.94. The fourth-order valence-electron chi connectivity index (χ4n) is 2.94. The molecule has 0 aliphatic rings. The number of nitrogens with one attached hydrogen (secondary N) is 1. The minimum atomic E-state index is -5.03. The first-order valence-electron chi connectivity index (χ1n) is 9.52. The topological polar surface area (TPSA) is 103 Å². The molecule has 2 aromatic heterocycles. The van der Waals surface area contributed by atoms with Crippen molar-refractivity contribution in [3.05, 3.63) is 68.8 Å². The van der Waals surface area contributed by atoms with Gasteiger partial charge in [-0.3, -0.25) is 14.7 Å². The molecule has 0 saturated heterocycles. The van der Waals surface area contributed by atoms with Gasteiger partial charge in [0.15, 0.2) is 11.3 Å². The van der Waals surface area contributed by atoms with Gasteiger partial charge in [-0.15, -0.1) is 0 Å². The molecule has 3 rings (SSSR count). The highest BCUT2D eigenvalue weighted by atomic mass is 19.4. The third-order valence-corrected chi connectivity index (χ3v) is 4.44. The van der Waals surface area contributed by atoms with Gasteiger partial charge in [-0.25, -0.2) is 14.3 Å². The molecule has 0 radical (unpaired) electrons. The van der Waals surface area contributed by atoms with Crippen LogP contribution in [0.2, 0.25) is 0 Å². The molecule has 0 fully saturated rings. The molecule has 0 amide bonds. The summed E-state index contributed by atoms with van der Waals surface area (Å²) in [7, 11) is 0. The van der Waals surface area contributed by atoms with Crippen LogP contribution >= 0.6 is 0 Å². The number of hydrogen-bond donors (Lipinski definition) is 1. The molecule has 182 valence electrons. The Morgan fingerprint density at radius 2 is 1.68 bits per heavy atom. The van der Waals surface area contributed by atoms with E-state index in [1.165, 1.54) is 6.92 Å². The summed E-state index contributed by atoms with van der Waals surface area (Å²) in [5.41, 5.74) is -5.18. The molecule has 1 N–H and O–H groups in total. The third kappa shape index (κ3) is 5.38. The second-order valence-corrected chi connectivity index (χ2v) is 6.86. The number of alkyl halides is 6. The number of ether oxygens (including phenoxy) is 2. The lowest BCUT2D eigenvalue weighted by Gasteiger charge is -2.08. The standard InChI is InChI=1S/C20H15F6N3O5/c1-2-33-18(32)15-16(20(24,25)26)28-29-13(30)8-12(27-17(15)29)9-34-14(31)7-10-3-5-11(6-4-10)19(21,22)23/h3-6,8,28H,2,7,9H2,1H3. The van der Waals surface area contributed by atoms with Crippen LogP contribution in [-0.2, 0) is 39.6 Å². The van der Waals surface area contributed by atoms with Crippen molar-refractivity contribution >= 4 is 17.6 Å². The molecule has 8 nitrogen and oxygen atoms in total. The van der Waals surface area contributed by atoms with Gasteiger partial charge < -0.3 is 9.47 Å². The van der Waals surface area contributed by atoms with Gasteiger partial charge >= 0.3 is 24.3 Å². The number of H-pyrrole nitrogens is 1. The van der Waals surface area contributed by atoms with E-state index in [4.69, 9.17) is 4.74 Å². The lowest BCUT2D eigenvalue weighted by molar-refractivity contribution is -0.144. The maximum absolute atomic E-state index is 13.4. The zero-order valence-corrected chi connectivity index (χ0v) is 17.2. The predicted molar refractivity (Wildman–Crippen MR) is 102 cm³/mol. The van der Waals surface area contributed by atoms with Crippen molar-refractivity contribution in [1.29, 1.82) is 0 Å². The maximum Gasteiger partial charge on any atom is 0.433 e. The first-order chi connectivity index (χ1) is 15.8. The van der Waals surface area contributed by atoms with Crippen molar-refractivity contribution in [3.8, 4) is 0 Å². The van der Waals surface area contributed by atoms with E-state index in [0.717, 1.165) is 30.3 Å². The molecule has 3 aromatic rings. The van der Waals surface area contributed by atoms with Crippen LogP contribution < -0.4 is 5.56 Å². The van der Waals surface area contributed by atoms with E-state index in [9.17, 15) is 40.7 Å². The molecule has 0 aliphatic heterocycles. The van der Waals surface area contributed by atoms with Crippen molar-refractivity contribution < 1.29 is 45.4 Å². The van der Waals surface area contributed by atoms with Gasteiger partial charge in [0.2, 0.25) is 0 Å². The number of halogens is 6. The van der Waals surface area contributed by atoms with Crippen LogP contribution in [0.25, 0.3) is 5.65 Å². The molecule has 34 heavy (non-hydrogen) atoms. The molecular weight excluding hydrogens is 476 g/mol. The Bertz CT molecular complexity index is 1280. The summed E-state index contributed by atoms with van der Waals surface area (Å²) in [6.07, 6.45) is -9.98. The van der Waals surface area contributed by atoms with Gasteiger partial charge in [0.05, 0.1) is 24.3 Å². The van der Waals surface area contributed by atoms with Gasteiger partial charge in [-0.1, -0.05) is 12.1 Å². The lowest BCUT2D eigenvalue weighted by atomic mass is 10.1. The zero-order valence-electron chi connectivity index (χ0n) is 17.2. The number of aromatic amines is 1. The van der Waals surface area contributed by atoms with Crippen LogP contribution in [0.1, 0.15) is 39.8 Å². The van der Waals surface area contributed by atoms with Gasteiger partial charge in [0.25, 0.3) is 5.56 Å². The monoisotopic (exact) mass is 491 g/mol. The molecule has 0 saturated carbocycles. The van der Waals surface area contributed by atoms with E-state index in [2.05, 4.69) is 9.72 Å². The number of fused-ring (bicyclic) bond motifs is 1. The lowest BCUT2D eigenvalue weighted by Crippen LogP contribution is -2.18. The predicted octanol–water partition coefficient (Wildman–Crippen LogP) is 3.52. The van der Waals surface area contributed by atoms with Gasteiger partial charge in [0.1, 0.15) is 12.2 Å². The quantitative estimate of drug-likeness (QED) is 0.418. The van der Waals surface area contributed by atoms with Gasteiger partial charge in [-0.2, -0.15) is 26.3 Å². The fraction of sp³-hybridized carbons (Fsp3) is 0.300. The Hall–Kier alpha value is -3.84. The molecule has 0 spiro atoms. The number of carbonyl (C=O) groups excluding carboxylic acids is 2. The molecule has 0 bridgehead atoms. The van der Waals surface area contributed by atoms with E-state index in [-0.39, 0.29) is 17.9 Å². The molecule has 0 aliphatic carbocycles. The molecule has 0 unspecified atom stereocenters. The Morgan fingerprint density at radius 1 is 1.03 bits per heavy atom. The first-order valence-corrected chi connectivity index (χ1v) is 9.52. The highest BCUT2D eigenvalue weighted by Gasteiger charge is 2.40. The van der Waals surface area contributed by atoms with Crippen molar-refractivity contribution in [2.24, 2.45) is 0 Å². The van der Waals surface area contributed by atoms with Crippen LogP contribution in [0.3, 0.4) is 0 Å².